The molecule has 0 fully saturated rings. The summed E-state index contributed by atoms with van der Waals surface area (Å²) in [5, 5.41) is 0. The molecule has 1 aromatic rings. The Bertz CT molecular complexity index is 402. The van der Waals surface area contributed by atoms with E-state index < -0.39 is 18.4 Å². The van der Waals surface area contributed by atoms with Crippen LogP contribution in [0.1, 0.15) is 73.1 Å². The zero-order valence-corrected chi connectivity index (χ0v) is 19.7. The molecule has 0 amide bonds. The summed E-state index contributed by atoms with van der Waals surface area (Å²) in [6, 6.07) is 9.36. The van der Waals surface area contributed by atoms with E-state index >= 15 is 0 Å². The molecule has 0 unspecified atom stereocenters. The van der Waals surface area contributed by atoms with Crippen LogP contribution in [0.5, 0.6) is 5.75 Å². The van der Waals surface area contributed by atoms with Gasteiger partial charge in [0.05, 0.1) is 0 Å². The summed E-state index contributed by atoms with van der Waals surface area (Å²) >= 11 is -2.24. The number of unbranched alkanes of at least 4 members (excludes halogenated alkanes) is 3. The second-order valence-electron chi connectivity index (χ2n) is 7.82. The van der Waals surface area contributed by atoms with Gasteiger partial charge in [0.15, 0.2) is 0 Å². The quantitative estimate of drug-likeness (QED) is 0.308. The van der Waals surface area contributed by atoms with Gasteiger partial charge >= 0.3 is 156 Å². The fourth-order valence-electron chi connectivity index (χ4n) is 3.52. The third-order valence-corrected chi connectivity index (χ3v) is 20.7. The van der Waals surface area contributed by atoms with E-state index in [2.05, 4.69) is 58.9 Å². The summed E-state index contributed by atoms with van der Waals surface area (Å²) in [5.41, 5.74) is 0. The molecule has 138 valence electrons. The number of hydrogen-bond donors (Lipinski definition) is 0. The average Bonchev–Trinajstić information content (AvgIpc) is 2.60. The van der Waals surface area contributed by atoms with E-state index in [9.17, 15) is 0 Å². The molecule has 0 N–H and O–H groups in total. The maximum absolute atomic E-state index is 5.90. The Balaban J connectivity index is 2.96. The first-order valence-corrected chi connectivity index (χ1v) is 17.8. The fourth-order valence-corrected chi connectivity index (χ4v) is 19.4. The monoisotopic (exact) mass is 440 g/mol. The standard InChI is InChI=1S/C10H13O.3C4H9.Sn/c1-9(2)8-11-10-6-4-3-5-7-10;3*1-3-4-2;/h4-7,9H,8H2,1-2H3;3*1,3-4H2,2H3;. The van der Waals surface area contributed by atoms with Gasteiger partial charge in [0, 0.05) is 0 Å². The maximum atomic E-state index is 5.90. The van der Waals surface area contributed by atoms with Crippen LogP contribution in [0.15, 0.2) is 24.3 Å². The molecular weight excluding hydrogens is 399 g/mol. The van der Waals surface area contributed by atoms with Crippen LogP contribution in [0, 0.1) is 5.92 Å². The van der Waals surface area contributed by atoms with Crippen LogP contribution in [0.25, 0.3) is 0 Å². The molecule has 0 saturated heterocycles. The summed E-state index contributed by atoms with van der Waals surface area (Å²) < 4.78 is 12.3. The van der Waals surface area contributed by atoms with E-state index in [1.807, 2.05) is 0 Å². The molecule has 0 saturated carbocycles. The Kier molecular flexibility index (Phi) is 11.1. The minimum absolute atomic E-state index is 0.585. The molecule has 2 heteroatoms. The first kappa shape index (κ1) is 21.9. The Morgan fingerprint density at radius 3 is 1.62 bits per heavy atom. The molecule has 1 aromatic carbocycles. The van der Waals surface area contributed by atoms with Gasteiger partial charge in [0.2, 0.25) is 0 Å². The summed E-state index contributed by atoms with van der Waals surface area (Å²) in [7, 11) is 0. The van der Waals surface area contributed by atoms with Crippen molar-refractivity contribution in [2.75, 3.05) is 6.61 Å². The molecule has 0 spiro atoms. The Labute approximate surface area is 155 Å². The number of rotatable bonds is 13. The van der Waals surface area contributed by atoms with E-state index in [0.29, 0.717) is 5.92 Å². The average molecular weight is 439 g/mol. The normalized spacial score (nSPS) is 11.9. The van der Waals surface area contributed by atoms with Crippen molar-refractivity contribution in [3.63, 3.8) is 0 Å². The summed E-state index contributed by atoms with van der Waals surface area (Å²) in [4.78, 5) is 0. The summed E-state index contributed by atoms with van der Waals surface area (Å²) in [5.74, 6) is 1.63. The number of ether oxygens (including phenoxy) is 1. The van der Waals surface area contributed by atoms with E-state index in [0.717, 1.165) is 12.4 Å². The van der Waals surface area contributed by atoms with Gasteiger partial charge in [-0.05, 0) is 0 Å². The third kappa shape index (κ3) is 7.37. The van der Waals surface area contributed by atoms with E-state index in [1.165, 1.54) is 51.8 Å². The first-order chi connectivity index (χ1) is 11.6. The predicted octanol–water partition coefficient (Wildman–Crippen LogP) is 6.78. The van der Waals surface area contributed by atoms with Crippen LogP contribution in [0.2, 0.25) is 13.3 Å². The van der Waals surface area contributed by atoms with Crippen LogP contribution in [-0.2, 0) is 0 Å². The number of benzene rings is 1. The van der Waals surface area contributed by atoms with Crippen LogP contribution in [-0.4, -0.2) is 25.0 Å². The minimum atomic E-state index is -2.24. The molecule has 0 heterocycles. The van der Waals surface area contributed by atoms with E-state index in [1.54, 1.807) is 3.58 Å². The van der Waals surface area contributed by atoms with Crippen LogP contribution in [0.4, 0.5) is 0 Å². The van der Waals surface area contributed by atoms with Gasteiger partial charge in [0.1, 0.15) is 0 Å². The van der Waals surface area contributed by atoms with Gasteiger partial charge in [-0.15, -0.1) is 0 Å². The Hall–Kier alpha value is -0.181. The molecule has 0 radical (unpaired) electrons. The molecular formula is C22H40OSn. The first-order valence-electron chi connectivity index (χ1n) is 10.3. The van der Waals surface area contributed by atoms with Crippen LogP contribution >= 0.6 is 0 Å². The molecule has 24 heavy (non-hydrogen) atoms. The topological polar surface area (TPSA) is 9.23 Å². The Morgan fingerprint density at radius 2 is 1.25 bits per heavy atom. The zero-order chi connectivity index (χ0) is 17.8. The molecule has 0 aromatic heterocycles. The van der Waals surface area contributed by atoms with Crippen molar-refractivity contribution in [2.24, 2.45) is 5.92 Å². The van der Waals surface area contributed by atoms with Crippen molar-refractivity contribution in [1.82, 2.24) is 0 Å². The molecule has 1 rings (SSSR count). The van der Waals surface area contributed by atoms with Crippen molar-refractivity contribution >= 4 is 22.0 Å². The molecule has 0 atom stereocenters. The SMILES string of the molecule is CCC[CH2][Sn]([CH2]CCC)([CH2]CCC)[c]1ccc(OCC(C)C)cc1. The van der Waals surface area contributed by atoms with Gasteiger partial charge < -0.3 is 0 Å². The van der Waals surface area contributed by atoms with Gasteiger partial charge in [-0.25, -0.2) is 0 Å². The van der Waals surface area contributed by atoms with E-state index in [-0.39, 0.29) is 0 Å². The van der Waals surface area contributed by atoms with Crippen LogP contribution in [0.3, 0.4) is 0 Å². The number of hydrogen-bond acceptors (Lipinski definition) is 1. The van der Waals surface area contributed by atoms with Gasteiger partial charge in [-0.1, -0.05) is 0 Å². The van der Waals surface area contributed by atoms with Crippen molar-refractivity contribution in [2.45, 2.75) is 86.5 Å². The second kappa shape index (κ2) is 12.2. The van der Waals surface area contributed by atoms with Gasteiger partial charge in [-0.2, -0.15) is 0 Å². The van der Waals surface area contributed by atoms with Crippen molar-refractivity contribution in [1.29, 1.82) is 0 Å². The van der Waals surface area contributed by atoms with Crippen molar-refractivity contribution < 1.29 is 4.74 Å². The summed E-state index contributed by atoms with van der Waals surface area (Å²) in [6.07, 6.45) is 8.30. The third-order valence-electron chi connectivity index (χ3n) is 5.08. The fraction of sp³-hybridized carbons (Fsp3) is 0.727. The van der Waals surface area contributed by atoms with Gasteiger partial charge in [0.25, 0.3) is 0 Å². The van der Waals surface area contributed by atoms with Gasteiger partial charge in [-0.3, -0.25) is 0 Å². The molecule has 0 bridgehead atoms. The van der Waals surface area contributed by atoms with Crippen molar-refractivity contribution in [3.05, 3.63) is 24.3 Å². The van der Waals surface area contributed by atoms with Crippen molar-refractivity contribution in [3.8, 4) is 5.75 Å². The molecule has 0 aliphatic rings. The predicted molar refractivity (Wildman–Crippen MR) is 111 cm³/mol. The summed E-state index contributed by atoms with van der Waals surface area (Å²) in [6.45, 7) is 12.3. The Morgan fingerprint density at radius 1 is 0.792 bits per heavy atom. The van der Waals surface area contributed by atoms with Crippen LogP contribution < -0.4 is 8.32 Å². The molecule has 0 aliphatic heterocycles. The molecule has 0 aliphatic carbocycles. The second-order valence-corrected chi connectivity index (χ2v) is 21.1. The zero-order valence-electron chi connectivity index (χ0n) is 16.9. The van der Waals surface area contributed by atoms with E-state index in [4.69, 9.17) is 4.74 Å². The molecule has 1 nitrogen and oxygen atoms in total.